The number of aliphatic hydroxyl groups is 2. The quantitative estimate of drug-likeness (QED) is 0.398. The van der Waals surface area contributed by atoms with Gasteiger partial charge in [0.15, 0.2) is 11.5 Å². The van der Waals surface area contributed by atoms with Crippen molar-refractivity contribution in [3.05, 3.63) is 69.8 Å². The summed E-state index contributed by atoms with van der Waals surface area (Å²) in [6.07, 6.45) is -0.361. The van der Waals surface area contributed by atoms with Crippen LogP contribution in [-0.2, 0) is 35.6 Å². The summed E-state index contributed by atoms with van der Waals surface area (Å²) in [6, 6.07) is 8.95. The smallest absolute Gasteiger partial charge is 0.332 e. The summed E-state index contributed by atoms with van der Waals surface area (Å²) >= 11 is 0. The molecule has 0 bridgehead atoms. The molecule has 0 spiro atoms. The highest BCUT2D eigenvalue weighted by Gasteiger charge is 2.22. The average molecular weight is 402 g/mol. The van der Waals surface area contributed by atoms with Gasteiger partial charge in [-0.25, -0.2) is 9.59 Å². The highest BCUT2D eigenvalue weighted by molar-refractivity contribution is 5.99. The summed E-state index contributed by atoms with van der Waals surface area (Å²) in [4.78, 5) is 23.6. The van der Waals surface area contributed by atoms with Crippen molar-refractivity contribution in [2.75, 3.05) is 7.11 Å². The normalized spacial score (nSPS) is 11.7. The predicted octanol–water partition coefficient (Wildman–Crippen LogP) is 1.64. The lowest BCUT2D eigenvalue weighted by Gasteiger charge is -2.12. The Bertz CT molecular complexity index is 946. The first-order valence-electron chi connectivity index (χ1n) is 8.67. The van der Waals surface area contributed by atoms with Crippen LogP contribution >= 0.6 is 0 Å². The largest absolute Gasteiger partial charge is 0.504 e. The molecule has 154 valence electrons. The number of ether oxygens (including phenoxy) is 1. The Hall–Kier alpha value is -3.36. The van der Waals surface area contributed by atoms with Gasteiger partial charge in [-0.1, -0.05) is 24.3 Å². The molecule has 0 aliphatic rings. The lowest BCUT2D eigenvalue weighted by atomic mass is 9.93. The van der Waals surface area contributed by atoms with Crippen molar-refractivity contribution in [1.82, 2.24) is 0 Å². The first-order chi connectivity index (χ1) is 13.8. The van der Waals surface area contributed by atoms with Gasteiger partial charge < -0.3 is 30.3 Å². The summed E-state index contributed by atoms with van der Waals surface area (Å²) < 4.78 is 5.00. The van der Waals surface area contributed by atoms with Crippen LogP contribution in [0.2, 0.25) is 0 Å². The van der Waals surface area contributed by atoms with Crippen molar-refractivity contribution in [2.24, 2.45) is 0 Å². The van der Waals surface area contributed by atoms with Crippen molar-refractivity contribution in [3.63, 3.8) is 0 Å². The number of rotatable bonds is 9. The van der Waals surface area contributed by atoms with Crippen LogP contribution in [0.1, 0.15) is 22.3 Å². The van der Waals surface area contributed by atoms with Crippen LogP contribution in [0.5, 0.6) is 11.5 Å². The molecule has 0 unspecified atom stereocenters. The zero-order valence-electron chi connectivity index (χ0n) is 15.8. The van der Waals surface area contributed by atoms with Crippen LogP contribution in [0.25, 0.3) is 0 Å². The fourth-order valence-corrected chi connectivity index (χ4v) is 2.95. The van der Waals surface area contributed by atoms with E-state index in [2.05, 4.69) is 0 Å². The van der Waals surface area contributed by atoms with Gasteiger partial charge in [0.05, 0.1) is 31.5 Å². The first-order valence-corrected chi connectivity index (χ1v) is 8.67. The molecule has 2 aromatic carbocycles. The molecule has 2 rings (SSSR count). The Kier molecular flexibility index (Phi) is 7.35. The standard InChI is InChI=1S/C21H22O8/c1-29-19-9-13(3-5-18(19)24)8-17(21(27)28)16(20(25)26)7-12-2-4-14(10-22)15(6-12)11-23/h2-6,9,22-24H,7-8,10-11H2,1H3,(H,25,26)(H,27,28)/b17-16+. The van der Waals surface area contributed by atoms with E-state index in [-0.39, 0.29) is 48.7 Å². The second-order valence-electron chi connectivity index (χ2n) is 6.35. The van der Waals surface area contributed by atoms with Crippen LogP contribution < -0.4 is 4.74 Å². The topological polar surface area (TPSA) is 145 Å². The van der Waals surface area contributed by atoms with E-state index in [9.17, 15) is 35.1 Å². The van der Waals surface area contributed by atoms with E-state index in [1.807, 2.05) is 0 Å². The van der Waals surface area contributed by atoms with Gasteiger partial charge in [0.25, 0.3) is 0 Å². The lowest BCUT2D eigenvalue weighted by molar-refractivity contribution is -0.136. The van der Waals surface area contributed by atoms with Crippen molar-refractivity contribution in [2.45, 2.75) is 26.1 Å². The van der Waals surface area contributed by atoms with E-state index in [0.717, 1.165) is 0 Å². The average Bonchev–Trinajstić information content (AvgIpc) is 2.71. The SMILES string of the molecule is COc1cc(C/C(C(=O)O)=C(/Cc2ccc(CO)c(CO)c2)C(=O)O)ccc1O. The highest BCUT2D eigenvalue weighted by atomic mass is 16.5. The fraction of sp³-hybridized carbons (Fsp3) is 0.238. The molecule has 0 saturated carbocycles. The van der Waals surface area contributed by atoms with E-state index in [1.165, 1.54) is 31.4 Å². The molecule has 0 aliphatic heterocycles. The van der Waals surface area contributed by atoms with Gasteiger partial charge in [0, 0.05) is 12.8 Å². The van der Waals surface area contributed by atoms with Crippen LogP contribution in [-0.4, -0.2) is 44.6 Å². The van der Waals surface area contributed by atoms with Gasteiger partial charge in [-0.3, -0.25) is 0 Å². The minimum absolute atomic E-state index is 0.115. The summed E-state index contributed by atoms with van der Waals surface area (Å²) in [5.74, 6) is -2.71. The minimum atomic E-state index is -1.37. The second kappa shape index (κ2) is 9.72. The van der Waals surface area contributed by atoms with E-state index >= 15 is 0 Å². The molecule has 0 amide bonds. The number of hydrogen-bond donors (Lipinski definition) is 5. The molecule has 0 aromatic heterocycles. The van der Waals surface area contributed by atoms with Crippen LogP contribution in [0.4, 0.5) is 0 Å². The van der Waals surface area contributed by atoms with Crippen molar-refractivity contribution in [3.8, 4) is 11.5 Å². The number of phenolic OH excluding ortho intramolecular Hbond substituents is 1. The lowest BCUT2D eigenvalue weighted by Crippen LogP contribution is -2.15. The van der Waals surface area contributed by atoms with Crippen LogP contribution in [0.15, 0.2) is 47.5 Å². The maximum absolute atomic E-state index is 11.8. The summed E-state index contributed by atoms with van der Waals surface area (Å²) in [7, 11) is 1.35. The molecule has 0 fully saturated rings. The van der Waals surface area contributed by atoms with E-state index in [0.29, 0.717) is 22.3 Å². The van der Waals surface area contributed by atoms with E-state index in [4.69, 9.17) is 4.74 Å². The van der Waals surface area contributed by atoms with Gasteiger partial charge in [-0.05, 0) is 34.4 Å². The zero-order valence-corrected chi connectivity index (χ0v) is 15.8. The number of carboxylic acids is 2. The molecule has 0 radical (unpaired) electrons. The Morgan fingerprint density at radius 3 is 1.83 bits per heavy atom. The molecule has 5 N–H and O–H groups in total. The third-order valence-electron chi connectivity index (χ3n) is 4.50. The fourth-order valence-electron chi connectivity index (χ4n) is 2.95. The molecular weight excluding hydrogens is 380 g/mol. The number of carboxylic acid groups (broad SMARTS) is 2. The van der Waals surface area contributed by atoms with E-state index in [1.54, 1.807) is 12.1 Å². The number of methoxy groups -OCH3 is 1. The number of phenols is 1. The number of hydrogen-bond acceptors (Lipinski definition) is 6. The number of carbonyl (C=O) groups is 2. The molecule has 0 saturated heterocycles. The van der Waals surface area contributed by atoms with Crippen molar-refractivity contribution < 1.29 is 39.9 Å². The minimum Gasteiger partial charge on any atom is -0.504 e. The van der Waals surface area contributed by atoms with Crippen molar-refractivity contribution >= 4 is 11.9 Å². The number of aliphatic hydroxyl groups excluding tert-OH is 2. The van der Waals surface area contributed by atoms with Crippen LogP contribution in [0, 0.1) is 0 Å². The van der Waals surface area contributed by atoms with Crippen molar-refractivity contribution in [1.29, 1.82) is 0 Å². The monoisotopic (exact) mass is 402 g/mol. The zero-order chi connectivity index (χ0) is 21.6. The highest BCUT2D eigenvalue weighted by Crippen LogP contribution is 2.28. The maximum atomic E-state index is 11.8. The first kappa shape index (κ1) is 21.9. The number of aliphatic carboxylic acids is 2. The van der Waals surface area contributed by atoms with Gasteiger partial charge >= 0.3 is 11.9 Å². The maximum Gasteiger partial charge on any atom is 0.332 e. The number of benzene rings is 2. The molecule has 0 heterocycles. The molecule has 8 heteroatoms. The molecule has 2 aromatic rings. The van der Waals surface area contributed by atoms with Gasteiger partial charge in [0.1, 0.15) is 0 Å². The molecule has 29 heavy (non-hydrogen) atoms. The summed E-state index contributed by atoms with van der Waals surface area (Å²) in [5, 5.41) is 47.6. The molecular formula is C21H22O8. The second-order valence-corrected chi connectivity index (χ2v) is 6.35. The molecule has 0 atom stereocenters. The van der Waals surface area contributed by atoms with Gasteiger partial charge in [-0.15, -0.1) is 0 Å². The third-order valence-corrected chi connectivity index (χ3v) is 4.50. The molecule has 8 nitrogen and oxygen atoms in total. The predicted molar refractivity (Wildman–Crippen MR) is 103 cm³/mol. The Balaban J connectivity index is 2.46. The Morgan fingerprint density at radius 1 is 0.828 bits per heavy atom. The Morgan fingerprint density at radius 2 is 1.34 bits per heavy atom. The summed E-state index contributed by atoms with van der Waals surface area (Å²) in [5.41, 5.74) is 1.29. The van der Waals surface area contributed by atoms with Gasteiger partial charge in [-0.2, -0.15) is 0 Å². The van der Waals surface area contributed by atoms with Crippen LogP contribution in [0.3, 0.4) is 0 Å². The summed E-state index contributed by atoms with van der Waals surface area (Å²) in [6.45, 7) is -0.615. The number of aromatic hydroxyl groups is 1. The van der Waals surface area contributed by atoms with Gasteiger partial charge in [0.2, 0.25) is 0 Å². The molecule has 0 aliphatic carbocycles. The van der Waals surface area contributed by atoms with E-state index < -0.39 is 11.9 Å². The Labute approximate surface area is 166 Å². The third kappa shape index (κ3) is 5.34.